The standard InChI is InChI=1S/C19H25NO/c1-14(2)18(21)20-17-13-19(10-6-3-7-11-19)12-15-8-4-5-9-16(15)17/h4-5,8-9,17H,1,3,6-7,10-13H2,2H3,(H,20,21). The van der Waals surface area contributed by atoms with E-state index >= 15 is 0 Å². The van der Waals surface area contributed by atoms with Crippen molar-refractivity contribution in [3.8, 4) is 0 Å². The van der Waals surface area contributed by atoms with Gasteiger partial charge in [-0.25, -0.2) is 0 Å². The Labute approximate surface area is 127 Å². The first-order chi connectivity index (χ1) is 10.1. The largest absolute Gasteiger partial charge is 0.346 e. The van der Waals surface area contributed by atoms with E-state index in [1.165, 1.54) is 49.7 Å². The second-order valence-electron chi connectivity index (χ2n) is 6.95. The fourth-order valence-electron chi connectivity index (χ4n) is 4.15. The SMILES string of the molecule is C=C(C)C(=O)NC1CC2(CCCCC2)Cc2ccccc21. The van der Waals surface area contributed by atoms with Gasteiger partial charge < -0.3 is 5.32 Å². The van der Waals surface area contributed by atoms with Crippen molar-refractivity contribution in [1.82, 2.24) is 5.32 Å². The molecule has 2 nitrogen and oxygen atoms in total. The molecule has 0 heterocycles. The minimum Gasteiger partial charge on any atom is -0.346 e. The van der Waals surface area contributed by atoms with Gasteiger partial charge in [0.2, 0.25) is 5.91 Å². The lowest BCUT2D eigenvalue weighted by Crippen LogP contribution is -2.40. The number of rotatable bonds is 2. The summed E-state index contributed by atoms with van der Waals surface area (Å²) >= 11 is 0. The lowest BCUT2D eigenvalue weighted by atomic mass is 9.62. The molecule has 1 fully saturated rings. The van der Waals surface area contributed by atoms with Crippen LogP contribution in [0.15, 0.2) is 36.4 Å². The smallest absolute Gasteiger partial charge is 0.246 e. The summed E-state index contributed by atoms with van der Waals surface area (Å²) < 4.78 is 0. The minimum atomic E-state index is -0.0114. The third-order valence-corrected chi connectivity index (χ3v) is 5.24. The highest BCUT2D eigenvalue weighted by molar-refractivity contribution is 5.92. The van der Waals surface area contributed by atoms with Crippen LogP contribution in [0.4, 0.5) is 0 Å². The lowest BCUT2D eigenvalue weighted by Gasteiger charge is -2.44. The van der Waals surface area contributed by atoms with Gasteiger partial charge in [-0.15, -0.1) is 0 Å². The zero-order valence-corrected chi connectivity index (χ0v) is 13.0. The normalized spacial score (nSPS) is 23.4. The maximum Gasteiger partial charge on any atom is 0.246 e. The van der Waals surface area contributed by atoms with E-state index < -0.39 is 0 Å². The number of amides is 1. The van der Waals surface area contributed by atoms with Gasteiger partial charge in [0.15, 0.2) is 0 Å². The minimum absolute atomic E-state index is 0.0114. The molecule has 2 aliphatic carbocycles. The monoisotopic (exact) mass is 283 g/mol. The molecule has 3 rings (SSSR count). The first kappa shape index (κ1) is 14.4. The Morgan fingerprint density at radius 2 is 1.95 bits per heavy atom. The van der Waals surface area contributed by atoms with Crippen molar-refractivity contribution in [2.45, 2.75) is 57.9 Å². The molecule has 1 N–H and O–H groups in total. The molecule has 1 aromatic rings. The molecule has 0 bridgehead atoms. The Bertz CT molecular complexity index is 554. The fraction of sp³-hybridized carbons (Fsp3) is 0.526. The van der Waals surface area contributed by atoms with E-state index in [4.69, 9.17) is 0 Å². The van der Waals surface area contributed by atoms with Crippen LogP contribution in [-0.4, -0.2) is 5.91 Å². The van der Waals surface area contributed by atoms with Crippen molar-refractivity contribution in [2.24, 2.45) is 5.41 Å². The van der Waals surface area contributed by atoms with E-state index in [0.717, 1.165) is 6.42 Å². The van der Waals surface area contributed by atoms with E-state index in [9.17, 15) is 4.79 Å². The Hall–Kier alpha value is -1.57. The van der Waals surface area contributed by atoms with Crippen LogP contribution in [0.2, 0.25) is 0 Å². The van der Waals surface area contributed by atoms with Crippen LogP contribution in [0.1, 0.15) is 62.6 Å². The average Bonchev–Trinajstić information content (AvgIpc) is 2.47. The van der Waals surface area contributed by atoms with Gasteiger partial charge in [0.1, 0.15) is 0 Å². The Morgan fingerprint density at radius 3 is 2.67 bits per heavy atom. The van der Waals surface area contributed by atoms with E-state index in [0.29, 0.717) is 11.0 Å². The predicted octanol–water partition coefficient (Wildman–Crippen LogP) is 4.32. The molecule has 1 amide bonds. The Balaban J connectivity index is 1.90. The molecule has 2 aliphatic rings. The number of hydrogen-bond acceptors (Lipinski definition) is 1. The molecule has 0 aromatic heterocycles. The van der Waals surface area contributed by atoms with Crippen molar-refractivity contribution in [1.29, 1.82) is 0 Å². The topological polar surface area (TPSA) is 29.1 Å². The van der Waals surface area contributed by atoms with Crippen LogP contribution in [0.25, 0.3) is 0 Å². The van der Waals surface area contributed by atoms with Gasteiger partial charge in [-0.1, -0.05) is 50.1 Å². The number of hydrogen-bond donors (Lipinski definition) is 1. The second-order valence-corrected chi connectivity index (χ2v) is 6.95. The van der Waals surface area contributed by atoms with Crippen molar-refractivity contribution >= 4 is 5.91 Å². The summed E-state index contributed by atoms with van der Waals surface area (Å²) in [5.74, 6) is -0.0114. The fourth-order valence-corrected chi connectivity index (χ4v) is 4.15. The molecule has 1 aromatic carbocycles. The average molecular weight is 283 g/mol. The van der Waals surface area contributed by atoms with Crippen LogP contribution < -0.4 is 5.32 Å². The van der Waals surface area contributed by atoms with Crippen LogP contribution in [-0.2, 0) is 11.2 Å². The van der Waals surface area contributed by atoms with E-state index in [1.54, 1.807) is 6.92 Å². The van der Waals surface area contributed by atoms with Crippen molar-refractivity contribution in [3.05, 3.63) is 47.5 Å². The van der Waals surface area contributed by atoms with Crippen LogP contribution in [0, 0.1) is 5.41 Å². The summed E-state index contributed by atoms with van der Waals surface area (Å²) in [6.07, 6.45) is 8.92. The summed E-state index contributed by atoms with van der Waals surface area (Å²) in [6.45, 7) is 5.55. The van der Waals surface area contributed by atoms with E-state index in [1.807, 2.05) is 0 Å². The van der Waals surface area contributed by atoms with Gasteiger partial charge in [0.25, 0.3) is 0 Å². The van der Waals surface area contributed by atoms with E-state index in [2.05, 4.69) is 36.2 Å². The molecule has 1 atom stereocenters. The zero-order valence-electron chi connectivity index (χ0n) is 13.0. The number of nitrogens with one attached hydrogen (secondary N) is 1. The van der Waals surface area contributed by atoms with Crippen LogP contribution in [0.3, 0.4) is 0 Å². The number of carbonyl (C=O) groups excluding carboxylic acids is 1. The molecular formula is C19H25NO. The van der Waals surface area contributed by atoms with Gasteiger partial charge >= 0.3 is 0 Å². The summed E-state index contributed by atoms with van der Waals surface area (Å²) in [4.78, 5) is 12.1. The molecule has 1 unspecified atom stereocenters. The summed E-state index contributed by atoms with van der Waals surface area (Å²) in [7, 11) is 0. The Morgan fingerprint density at radius 1 is 1.24 bits per heavy atom. The third kappa shape index (κ3) is 2.90. The number of benzene rings is 1. The van der Waals surface area contributed by atoms with Gasteiger partial charge in [-0.05, 0) is 49.1 Å². The van der Waals surface area contributed by atoms with Gasteiger partial charge in [-0.2, -0.15) is 0 Å². The highest BCUT2D eigenvalue weighted by Gasteiger charge is 2.40. The third-order valence-electron chi connectivity index (χ3n) is 5.24. The van der Waals surface area contributed by atoms with Crippen LogP contribution in [0.5, 0.6) is 0 Å². The number of carbonyl (C=O) groups is 1. The molecule has 0 saturated heterocycles. The Kier molecular flexibility index (Phi) is 3.88. The quantitative estimate of drug-likeness (QED) is 0.805. The van der Waals surface area contributed by atoms with Gasteiger partial charge in [0, 0.05) is 5.57 Å². The van der Waals surface area contributed by atoms with Crippen molar-refractivity contribution < 1.29 is 4.79 Å². The molecular weight excluding hydrogens is 258 g/mol. The van der Waals surface area contributed by atoms with Crippen molar-refractivity contribution in [2.75, 3.05) is 0 Å². The first-order valence-electron chi connectivity index (χ1n) is 8.14. The lowest BCUT2D eigenvalue weighted by molar-refractivity contribution is -0.118. The van der Waals surface area contributed by atoms with Crippen LogP contribution >= 0.6 is 0 Å². The van der Waals surface area contributed by atoms with E-state index in [-0.39, 0.29) is 11.9 Å². The second kappa shape index (κ2) is 5.67. The summed E-state index contributed by atoms with van der Waals surface area (Å²) in [6, 6.07) is 8.77. The summed E-state index contributed by atoms with van der Waals surface area (Å²) in [5.41, 5.74) is 3.73. The first-order valence-corrected chi connectivity index (χ1v) is 8.14. The molecule has 1 spiro atoms. The van der Waals surface area contributed by atoms with Crippen molar-refractivity contribution in [3.63, 3.8) is 0 Å². The molecule has 112 valence electrons. The highest BCUT2D eigenvalue weighted by atomic mass is 16.1. The zero-order chi connectivity index (χ0) is 14.9. The molecule has 1 saturated carbocycles. The molecule has 21 heavy (non-hydrogen) atoms. The molecule has 0 radical (unpaired) electrons. The summed E-state index contributed by atoms with van der Waals surface area (Å²) in [5, 5.41) is 3.21. The van der Waals surface area contributed by atoms with Gasteiger partial charge in [-0.3, -0.25) is 4.79 Å². The number of fused-ring (bicyclic) bond motifs is 1. The predicted molar refractivity (Wildman–Crippen MR) is 86.0 cm³/mol. The maximum atomic E-state index is 12.1. The maximum absolute atomic E-state index is 12.1. The molecule has 0 aliphatic heterocycles. The highest BCUT2D eigenvalue weighted by Crippen LogP contribution is 2.49. The van der Waals surface area contributed by atoms with Gasteiger partial charge in [0.05, 0.1) is 6.04 Å². The molecule has 2 heteroatoms.